The number of rotatable bonds is 3. The third kappa shape index (κ3) is 3.89. The van der Waals surface area contributed by atoms with Gasteiger partial charge in [0.15, 0.2) is 0 Å². The average molecular weight is 299 g/mol. The normalized spacial score (nSPS) is 11.0. The van der Waals surface area contributed by atoms with E-state index >= 15 is 0 Å². The van der Waals surface area contributed by atoms with Gasteiger partial charge in [0.05, 0.1) is 23.9 Å². The van der Waals surface area contributed by atoms with Gasteiger partial charge in [0.1, 0.15) is 5.01 Å². The Kier molecular flexibility index (Phi) is 4.39. The molecule has 0 aliphatic heterocycles. The van der Waals surface area contributed by atoms with Crippen LogP contribution in [0, 0.1) is 11.3 Å². The SMILES string of the molecule is CC(C)(C)c1csc(CNC(=O)c2cccc(C#N)c2)n1. The van der Waals surface area contributed by atoms with Crippen LogP contribution < -0.4 is 5.32 Å². The molecule has 0 saturated carbocycles. The molecule has 0 bridgehead atoms. The quantitative estimate of drug-likeness (QED) is 0.946. The predicted octanol–water partition coefficient (Wildman–Crippen LogP) is 3.24. The first-order valence-electron chi connectivity index (χ1n) is 6.63. The van der Waals surface area contributed by atoms with Gasteiger partial charge in [-0.15, -0.1) is 11.3 Å². The number of nitrogens with one attached hydrogen (secondary N) is 1. The fraction of sp³-hybridized carbons (Fsp3) is 0.312. The van der Waals surface area contributed by atoms with Crippen molar-refractivity contribution in [3.63, 3.8) is 0 Å². The van der Waals surface area contributed by atoms with Gasteiger partial charge in [-0.25, -0.2) is 4.98 Å². The molecule has 0 saturated heterocycles. The molecule has 0 aliphatic rings. The molecule has 1 amide bonds. The van der Waals surface area contributed by atoms with E-state index in [1.807, 2.05) is 11.4 Å². The summed E-state index contributed by atoms with van der Waals surface area (Å²) in [6.07, 6.45) is 0. The van der Waals surface area contributed by atoms with Crippen LogP contribution in [0.3, 0.4) is 0 Å². The van der Waals surface area contributed by atoms with Gasteiger partial charge >= 0.3 is 0 Å². The Hall–Kier alpha value is -2.19. The number of hydrogen-bond acceptors (Lipinski definition) is 4. The first-order chi connectivity index (χ1) is 9.90. The number of nitrogens with zero attached hydrogens (tertiary/aromatic N) is 2. The molecule has 1 aromatic carbocycles. The summed E-state index contributed by atoms with van der Waals surface area (Å²) in [6, 6.07) is 8.68. The second-order valence-corrected chi connectivity index (χ2v) is 6.69. The monoisotopic (exact) mass is 299 g/mol. The van der Waals surface area contributed by atoms with Gasteiger partial charge in [-0.05, 0) is 18.2 Å². The van der Waals surface area contributed by atoms with Crippen LogP contribution in [0.5, 0.6) is 0 Å². The van der Waals surface area contributed by atoms with E-state index in [9.17, 15) is 4.79 Å². The van der Waals surface area contributed by atoms with Crippen molar-refractivity contribution in [1.82, 2.24) is 10.3 Å². The van der Waals surface area contributed by atoms with Crippen molar-refractivity contribution >= 4 is 17.2 Å². The first-order valence-corrected chi connectivity index (χ1v) is 7.51. The maximum absolute atomic E-state index is 12.0. The molecule has 1 heterocycles. The Morgan fingerprint density at radius 3 is 2.81 bits per heavy atom. The van der Waals surface area contributed by atoms with Gasteiger partial charge in [0, 0.05) is 16.4 Å². The summed E-state index contributed by atoms with van der Waals surface area (Å²) in [5.74, 6) is -0.195. The van der Waals surface area contributed by atoms with E-state index in [2.05, 4.69) is 31.1 Å². The van der Waals surface area contributed by atoms with E-state index in [0.717, 1.165) is 10.7 Å². The zero-order chi connectivity index (χ0) is 15.5. The molecular weight excluding hydrogens is 282 g/mol. The molecule has 0 radical (unpaired) electrons. The molecule has 0 unspecified atom stereocenters. The number of amides is 1. The van der Waals surface area contributed by atoms with Gasteiger partial charge in [-0.3, -0.25) is 4.79 Å². The van der Waals surface area contributed by atoms with Crippen LogP contribution in [0.1, 0.15) is 47.4 Å². The van der Waals surface area contributed by atoms with Gasteiger partial charge < -0.3 is 5.32 Å². The Morgan fingerprint density at radius 2 is 2.19 bits per heavy atom. The van der Waals surface area contributed by atoms with E-state index in [4.69, 9.17) is 5.26 Å². The minimum absolute atomic E-state index is 0.0138. The highest BCUT2D eigenvalue weighted by Crippen LogP contribution is 2.23. The first kappa shape index (κ1) is 15.2. The highest BCUT2D eigenvalue weighted by atomic mass is 32.1. The van der Waals surface area contributed by atoms with E-state index in [1.54, 1.807) is 35.6 Å². The largest absolute Gasteiger partial charge is 0.346 e. The van der Waals surface area contributed by atoms with Crippen molar-refractivity contribution in [2.24, 2.45) is 0 Å². The fourth-order valence-electron chi connectivity index (χ4n) is 1.72. The third-order valence-electron chi connectivity index (χ3n) is 2.97. The third-order valence-corrected chi connectivity index (χ3v) is 3.82. The zero-order valence-corrected chi connectivity index (χ0v) is 13.1. The molecule has 0 aliphatic carbocycles. The Bertz CT molecular complexity index is 692. The minimum Gasteiger partial charge on any atom is -0.346 e. The number of benzene rings is 1. The highest BCUT2D eigenvalue weighted by Gasteiger charge is 2.17. The summed E-state index contributed by atoms with van der Waals surface area (Å²) < 4.78 is 0. The number of carbonyl (C=O) groups excluding carboxylic acids is 1. The summed E-state index contributed by atoms with van der Waals surface area (Å²) in [5, 5.41) is 14.6. The lowest BCUT2D eigenvalue weighted by molar-refractivity contribution is 0.0951. The maximum atomic E-state index is 12.0. The molecule has 0 fully saturated rings. The molecule has 4 nitrogen and oxygen atoms in total. The van der Waals surface area contributed by atoms with Crippen LogP contribution in [0.4, 0.5) is 0 Å². The van der Waals surface area contributed by atoms with E-state index in [0.29, 0.717) is 17.7 Å². The Morgan fingerprint density at radius 1 is 1.43 bits per heavy atom. The highest BCUT2D eigenvalue weighted by molar-refractivity contribution is 7.09. The second kappa shape index (κ2) is 6.06. The Labute approximate surface area is 128 Å². The van der Waals surface area contributed by atoms with Gasteiger partial charge in [-0.2, -0.15) is 5.26 Å². The summed E-state index contributed by atoms with van der Waals surface area (Å²) in [5.41, 5.74) is 2.01. The molecule has 0 atom stereocenters. The fourth-order valence-corrected chi connectivity index (χ4v) is 2.68. The predicted molar refractivity (Wildman–Crippen MR) is 83.1 cm³/mol. The van der Waals surface area contributed by atoms with Crippen molar-refractivity contribution in [2.45, 2.75) is 32.7 Å². The topological polar surface area (TPSA) is 65.8 Å². The summed E-state index contributed by atoms with van der Waals surface area (Å²) in [7, 11) is 0. The molecule has 2 aromatic rings. The van der Waals surface area contributed by atoms with E-state index in [-0.39, 0.29) is 11.3 Å². The number of aromatic nitrogens is 1. The van der Waals surface area contributed by atoms with Crippen molar-refractivity contribution in [3.05, 3.63) is 51.5 Å². The van der Waals surface area contributed by atoms with Crippen molar-refractivity contribution in [1.29, 1.82) is 5.26 Å². The lowest BCUT2D eigenvalue weighted by atomic mass is 9.93. The molecule has 2 rings (SSSR count). The van der Waals surface area contributed by atoms with Crippen LogP contribution >= 0.6 is 11.3 Å². The molecule has 1 N–H and O–H groups in total. The standard InChI is InChI=1S/C16H17N3OS/c1-16(2,3)13-10-21-14(19-13)9-18-15(20)12-6-4-5-11(7-12)8-17/h4-7,10H,9H2,1-3H3,(H,18,20). The second-order valence-electron chi connectivity index (χ2n) is 5.75. The van der Waals surface area contributed by atoms with E-state index < -0.39 is 0 Å². The van der Waals surface area contributed by atoms with Crippen LogP contribution in [0.15, 0.2) is 29.6 Å². The lowest BCUT2D eigenvalue weighted by Crippen LogP contribution is -2.23. The molecular formula is C16H17N3OS. The van der Waals surface area contributed by atoms with Gasteiger partial charge in [-0.1, -0.05) is 26.8 Å². The van der Waals surface area contributed by atoms with Crippen LogP contribution in [0.25, 0.3) is 0 Å². The number of hydrogen-bond donors (Lipinski definition) is 1. The molecule has 0 spiro atoms. The van der Waals surface area contributed by atoms with Crippen LogP contribution in [0.2, 0.25) is 0 Å². The summed E-state index contributed by atoms with van der Waals surface area (Å²) >= 11 is 1.54. The minimum atomic E-state index is -0.195. The van der Waals surface area contributed by atoms with Gasteiger partial charge in [0.2, 0.25) is 0 Å². The van der Waals surface area contributed by atoms with Crippen molar-refractivity contribution in [3.8, 4) is 6.07 Å². The maximum Gasteiger partial charge on any atom is 0.251 e. The average Bonchev–Trinajstić information content (AvgIpc) is 2.94. The number of nitriles is 1. The zero-order valence-electron chi connectivity index (χ0n) is 12.3. The molecule has 1 aromatic heterocycles. The number of carbonyl (C=O) groups is 1. The van der Waals surface area contributed by atoms with Crippen LogP contribution in [-0.2, 0) is 12.0 Å². The molecule has 108 valence electrons. The molecule has 21 heavy (non-hydrogen) atoms. The van der Waals surface area contributed by atoms with Crippen molar-refractivity contribution < 1.29 is 4.79 Å². The molecule has 5 heteroatoms. The lowest BCUT2D eigenvalue weighted by Gasteiger charge is -2.14. The summed E-state index contributed by atoms with van der Waals surface area (Å²) in [6.45, 7) is 6.73. The van der Waals surface area contributed by atoms with Crippen molar-refractivity contribution in [2.75, 3.05) is 0 Å². The smallest absolute Gasteiger partial charge is 0.251 e. The Balaban J connectivity index is 2.01. The summed E-state index contributed by atoms with van der Waals surface area (Å²) in [4.78, 5) is 16.6. The van der Waals surface area contributed by atoms with Gasteiger partial charge in [0.25, 0.3) is 5.91 Å². The van der Waals surface area contributed by atoms with E-state index in [1.165, 1.54) is 0 Å². The van der Waals surface area contributed by atoms with Crippen LogP contribution in [-0.4, -0.2) is 10.9 Å². The number of thiazole rings is 1.